The van der Waals surface area contributed by atoms with Gasteiger partial charge in [0.15, 0.2) is 0 Å². The van der Waals surface area contributed by atoms with E-state index in [4.69, 9.17) is 0 Å². The van der Waals surface area contributed by atoms with Crippen molar-refractivity contribution >= 4 is 40.3 Å². The molecular formula is C34H56Na. The van der Waals surface area contributed by atoms with Gasteiger partial charge in [-0.25, -0.2) is 0 Å². The number of hydrogen-bond acceptors (Lipinski definition) is 0. The van der Waals surface area contributed by atoms with Crippen LogP contribution in [0.1, 0.15) is 153 Å². The van der Waals surface area contributed by atoms with Crippen LogP contribution in [0.25, 0.3) is 10.8 Å². The third kappa shape index (κ3) is 13.2. The molecule has 2 aromatic rings. The van der Waals surface area contributed by atoms with Crippen molar-refractivity contribution < 1.29 is 0 Å². The molecule has 0 amide bonds. The van der Waals surface area contributed by atoms with Gasteiger partial charge in [0.2, 0.25) is 0 Å². The van der Waals surface area contributed by atoms with E-state index in [1.54, 1.807) is 22.1 Å². The monoisotopic (exact) mass is 487 g/mol. The molecule has 0 aliphatic carbocycles. The number of unbranched alkanes of at least 4 members (excludes halogenated alkanes) is 15. The van der Waals surface area contributed by atoms with Crippen LogP contribution in [0.15, 0.2) is 30.3 Å². The maximum atomic E-state index is 2.57. The number of aryl methyl sites for hydroxylation is 2. The quantitative estimate of drug-likeness (QED) is 0.121. The van der Waals surface area contributed by atoms with Crippen molar-refractivity contribution in [2.24, 2.45) is 0 Å². The van der Waals surface area contributed by atoms with Gasteiger partial charge in [-0.05, 0) is 66.0 Å². The van der Waals surface area contributed by atoms with E-state index in [0.717, 1.165) is 0 Å². The number of benzene rings is 2. The van der Waals surface area contributed by atoms with Gasteiger partial charge in [0.05, 0.1) is 0 Å². The molecule has 35 heavy (non-hydrogen) atoms. The van der Waals surface area contributed by atoms with E-state index in [1.807, 2.05) is 0 Å². The average Bonchev–Trinajstić information content (AvgIpc) is 2.86. The fourth-order valence-corrected chi connectivity index (χ4v) is 5.61. The molecule has 0 N–H and O–H groups in total. The van der Waals surface area contributed by atoms with E-state index in [9.17, 15) is 0 Å². The van der Waals surface area contributed by atoms with Crippen LogP contribution in [0.2, 0.25) is 0 Å². The second kappa shape index (κ2) is 21.8. The Kier molecular flexibility index (Phi) is 20.3. The molecule has 1 heteroatoms. The first-order valence-electron chi connectivity index (χ1n) is 15.3. The molecule has 0 aromatic heterocycles. The maximum Gasteiger partial charge on any atom is 0 e. The van der Waals surface area contributed by atoms with E-state index in [1.165, 1.54) is 140 Å². The van der Waals surface area contributed by atoms with Gasteiger partial charge >= 0.3 is 0 Å². The number of rotatable bonds is 21. The van der Waals surface area contributed by atoms with Crippen LogP contribution < -0.4 is 0 Å². The summed E-state index contributed by atoms with van der Waals surface area (Å²) in [6.45, 7) is 6.95. The molecule has 0 aliphatic heterocycles. The molecule has 0 aliphatic rings. The Hall–Kier alpha value is -0.300. The molecule has 0 fully saturated rings. The summed E-state index contributed by atoms with van der Waals surface area (Å²) in [5, 5.41) is 3.03. The first kappa shape index (κ1) is 32.7. The van der Waals surface area contributed by atoms with E-state index in [2.05, 4.69) is 51.1 Å². The third-order valence-corrected chi connectivity index (χ3v) is 7.73. The summed E-state index contributed by atoms with van der Waals surface area (Å²) >= 11 is 0. The van der Waals surface area contributed by atoms with E-state index in [0.29, 0.717) is 0 Å². The maximum absolute atomic E-state index is 2.57. The Morgan fingerprint density at radius 3 is 1.43 bits per heavy atom. The van der Waals surface area contributed by atoms with Gasteiger partial charge < -0.3 is 0 Å². The van der Waals surface area contributed by atoms with Gasteiger partial charge in [-0.1, -0.05) is 147 Å². The SMILES string of the molecule is CCCCCCCCc1cc2ccccc2c(CCCCCCCC)c1CCCCCCCC.[Na]. The summed E-state index contributed by atoms with van der Waals surface area (Å²) in [4.78, 5) is 0. The van der Waals surface area contributed by atoms with Crippen molar-refractivity contribution in [2.45, 2.75) is 156 Å². The van der Waals surface area contributed by atoms with Crippen molar-refractivity contribution in [3.63, 3.8) is 0 Å². The zero-order chi connectivity index (χ0) is 24.3. The molecule has 2 rings (SSSR count). The van der Waals surface area contributed by atoms with Gasteiger partial charge in [0, 0.05) is 29.6 Å². The van der Waals surface area contributed by atoms with Gasteiger partial charge in [-0.15, -0.1) is 0 Å². The van der Waals surface area contributed by atoms with E-state index >= 15 is 0 Å². The Balaban J connectivity index is 0.00000612. The van der Waals surface area contributed by atoms with Crippen molar-refractivity contribution in [2.75, 3.05) is 0 Å². The first-order valence-corrected chi connectivity index (χ1v) is 15.3. The van der Waals surface area contributed by atoms with E-state index < -0.39 is 0 Å². The second-order valence-electron chi connectivity index (χ2n) is 10.8. The molecule has 0 bridgehead atoms. The molecule has 193 valence electrons. The minimum Gasteiger partial charge on any atom is -0.0654 e. The fraction of sp³-hybridized carbons (Fsp3) is 0.706. The van der Waals surface area contributed by atoms with Crippen LogP contribution in [-0.4, -0.2) is 29.6 Å². The Labute approximate surface area is 241 Å². The second-order valence-corrected chi connectivity index (χ2v) is 10.8. The number of hydrogen-bond donors (Lipinski definition) is 0. The number of fused-ring (bicyclic) bond motifs is 1. The molecular weight excluding hydrogens is 431 g/mol. The summed E-state index contributed by atoms with van der Waals surface area (Å²) in [5.74, 6) is 0. The minimum absolute atomic E-state index is 0. The molecule has 0 spiro atoms. The molecule has 0 nitrogen and oxygen atoms in total. The predicted octanol–water partition coefficient (Wildman–Crippen LogP) is 11.2. The fourth-order valence-electron chi connectivity index (χ4n) is 5.61. The smallest absolute Gasteiger partial charge is 0 e. The molecule has 0 heterocycles. The third-order valence-electron chi connectivity index (χ3n) is 7.73. The zero-order valence-corrected chi connectivity index (χ0v) is 26.2. The van der Waals surface area contributed by atoms with Gasteiger partial charge in [0.1, 0.15) is 0 Å². The zero-order valence-electron chi connectivity index (χ0n) is 24.2. The Morgan fingerprint density at radius 2 is 0.886 bits per heavy atom. The largest absolute Gasteiger partial charge is 0.0654 e. The van der Waals surface area contributed by atoms with Crippen LogP contribution in [0.5, 0.6) is 0 Å². The van der Waals surface area contributed by atoms with Crippen molar-refractivity contribution in [3.8, 4) is 0 Å². The standard InChI is InChI=1S/C34H56.Na/c1-4-7-10-13-16-19-24-30-29-31-25-22-23-27-33(31)34(28-21-18-15-12-9-6-3)32(30)26-20-17-14-11-8-5-2;/h22-23,25,27,29H,4-21,24,26,28H2,1-3H3;. The summed E-state index contributed by atoms with van der Waals surface area (Å²) in [6.07, 6.45) is 28.9. The normalized spacial score (nSPS) is 11.2. The topological polar surface area (TPSA) is 0 Å². The summed E-state index contributed by atoms with van der Waals surface area (Å²) in [7, 11) is 0. The van der Waals surface area contributed by atoms with Gasteiger partial charge in [-0.2, -0.15) is 0 Å². The molecule has 1 radical (unpaired) electrons. The van der Waals surface area contributed by atoms with Crippen molar-refractivity contribution in [1.82, 2.24) is 0 Å². The van der Waals surface area contributed by atoms with Gasteiger partial charge in [-0.3, -0.25) is 0 Å². The van der Waals surface area contributed by atoms with Crippen LogP contribution in [0.4, 0.5) is 0 Å². The van der Waals surface area contributed by atoms with Gasteiger partial charge in [0.25, 0.3) is 0 Å². The molecule has 0 atom stereocenters. The van der Waals surface area contributed by atoms with E-state index in [-0.39, 0.29) is 29.6 Å². The average molecular weight is 488 g/mol. The molecule has 2 aromatic carbocycles. The van der Waals surface area contributed by atoms with Crippen LogP contribution in [-0.2, 0) is 19.3 Å². The Bertz CT molecular complexity index is 763. The van der Waals surface area contributed by atoms with Crippen LogP contribution in [0.3, 0.4) is 0 Å². The summed E-state index contributed by atoms with van der Waals surface area (Å²) in [5.41, 5.74) is 5.14. The summed E-state index contributed by atoms with van der Waals surface area (Å²) in [6, 6.07) is 11.8. The molecule has 0 saturated carbocycles. The minimum atomic E-state index is 0. The Morgan fingerprint density at radius 1 is 0.457 bits per heavy atom. The first-order chi connectivity index (χ1) is 16.8. The van der Waals surface area contributed by atoms with Crippen LogP contribution in [0, 0.1) is 0 Å². The predicted molar refractivity (Wildman–Crippen MR) is 161 cm³/mol. The molecule has 0 unspecified atom stereocenters. The van der Waals surface area contributed by atoms with Crippen LogP contribution >= 0.6 is 0 Å². The molecule has 0 saturated heterocycles. The summed E-state index contributed by atoms with van der Waals surface area (Å²) < 4.78 is 0. The van der Waals surface area contributed by atoms with Crippen molar-refractivity contribution in [3.05, 3.63) is 47.0 Å². The van der Waals surface area contributed by atoms with Crippen molar-refractivity contribution in [1.29, 1.82) is 0 Å².